The molecule has 0 bridgehead atoms. The number of likely N-dealkylation sites (N-methyl/N-ethyl adjacent to an activating group) is 1. The van der Waals surface area contributed by atoms with Gasteiger partial charge in [0.15, 0.2) is 0 Å². The molecule has 19 heavy (non-hydrogen) atoms. The van der Waals surface area contributed by atoms with E-state index in [-0.39, 0.29) is 0 Å². The summed E-state index contributed by atoms with van der Waals surface area (Å²) in [5.74, 6) is 1.80. The third-order valence-electron chi connectivity index (χ3n) is 2.86. The van der Waals surface area contributed by atoms with Crippen LogP contribution in [0.2, 0.25) is 0 Å². The van der Waals surface area contributed by atoms with E-state index < -0.39 is 0 Å². The molecular weight excluding hydrogens is 238 g/mol. The molecule has 0 aliphatic carbocycles. The highest BCUT2D eigenvalue weighted by Gasteiger charge is 2.05. The summed E-state index contributed by atoms with van der Waals surface area (Å²) >= 11 is 0. The van der Waals surface area contributed by atoms with E-state index in [2.05, 4.69) is 45.1 Å². The van der Waals surface area contributed by atoms with Crippen LogP contribution in [-0.2, 0) is 6.42 Å². The van der Waals surface area contributed by atoms with Crippen LogP contribution >= 0.6 is 0 Å². The number of anilines is 2. The molecule has 2 N–H and O–H groups in total. The predicted molar refractivity (Wildman–Crippen MR) is 78.6 cm³/mol. The van der Waals surface area contributed by atoms with Crippen LogP contribution in [0.15, 0.2) is 30.7 Å². The Morgan fingerprint density at radius 3 is 2.89 bits per heavy atom. The van der Waals surface area contributed by atoms with Gasteiger partial charge in [-0.25, -0.2) is 9.97 Å². The molecule has 0 unspecified atom stereocenters. The fraction of sp³-hybridized carbons (Fsp3) is 0.429. The van der Waals surface area contributed by atoms with Crippen LogP contribution in [-0.4, -0.2) is 34.6 Å². The second-order valence-electron chi connectivity index (χ2n) is 4.93. The van der Waals surface area contributed by atoms with Crippen LogP contribution in [0.1, 0.15) is 19.5 Å². The van der Waals surface area contributed by atoms with E-state index in [1.807, 2.05) is 25.4 Å². The molecule has 102 valence electrons. The highest BCUT2D eigenvalue weighted by Crippen LogP contribution is 2.13. The minimum absolute atomic E-state index is 0.368. The summed E-state index contributed by atoms with van der Waals surface area (Å²) in [4.78, 5) is 13.9. The Morgan fingerprint density at radius 2 is 2.21 bits per heavy atom. The van der Waals surface area contributed by atoms with Crippen molar-refractivity contribution in [1.82, 2.24) is 15.0 Å². The summed E-state index contributed by atoms with van der Waals surface area (Å²) in [6.45, 7) is 5.10. The molecule has 0 aliphatic heterocycles. The lowest BCUT2D eigenvalue weighted by Gasteiger charge is -2.18. The van der Waals surface area contributed by atoms with Crippen molar-refractivity contribution in [3.63, 3.8) is 0 Å². The standard InChI is InChI=1S/C14H21N5/c1-11(2)18-13-9-14(17-10-16-13)19(3)8-6-12-5-4-7-15-12/h4-5,7,9-11,15H,6,8H2,1-3H3,(H,16,17,18). The van der Waals surface area contributed by atoms with Gasteiger partial charge in [-0.1, -0.05) is 0 Å². The van der Waals surface area contributed by atoms with E-state index in [4.69, 9.17) is 0 Å². The molecule has 2 aromatic rings. The molecule has 0 atom stereocenters. The number of nitrogens with zero attached hydrogens (tertiary/aromatic N) is 3. The fourth-order valence-corrected chi connectivity index (χ4v) is 1.86. The molecule has 0 aromatic carbocycles. The van der Waals surface area contributed by atoms with Crippen LogP contribution in [0.4, 0.5) is 11.6 Å². The second kappa shape index (κ2) is 6.22. The van der Waals surface area contributed by atoms with Gasteiger partial charge in [-0.2, -0.15) is 0 Å². The number of rotatable bonds is 6. The largest absolute Gasteiger partial charge is 0.368 e. The first kappa shape index (κ1) is 13.4. The molecule has 0 saturated heterocycles. The zero-order valence-electron chi connectivity index (χ0n) is 11.7. The maximum atomic E-state index is 4.31. The third-order valence-corrected chi connectivity index (χ3v) is 2.86. The highest BCUT2D eigenvalue weighted by molar-refractivity contribution is 5.48. The van der Waals surface area contributed by atoms with Gasteiger partial charge < -0.3 is 15.2 Å². The molecule has 5 heteroatoms. The van der Waals surface area contributed by atoms with Crippen LogP contribution in [0.5, 0.6) is 0 Å². The molecular formula is C14H21N5. The first-order valence-corrected chi connectivity index (χ1v) is 6.57. The van der Waals surface area contributed by atoms with Gasteiger partial charge in [-0.3, -0.25) is 0 Å². The van der Waals surface area contributed by atoms with Crippen molar-refractivity contribution in [3.8, 4) is 0 Å². The number of H-pyrrole nitrogens is 1. The molecule has 0 amide bonds. The predicted octanol–water partition coefficient (Wildman–Crippen LogP) is 2.30. The van der Waals surface area contributed by atoms with Crippen molar-refractivity contribution in [3.05, 3.63) is 36.4 Å². The summed E-state index contributed by atoms with van der Waals surface area (Å²) in [5.41, 5.74) is 1.24. The summed E-state index contributed by atoms with van der Waals surface area (Å²) in [6, 6.07) is 6.46. The minimum Gasteiger partial charge on any atom is -0.368 e. The fourth-order valence-electron chi connectivity index (χ4n) is 1.86. The zero-order valence-corrected chi connectivity index (χ0v) is 11.7. The van der Waals surface area contributed by atoms with Crippen molar-refractivity contribution < 1.29 is 0 Å². The van der Waals surface area contributed by atoms with E-state index in [1.165, 1.54) is 5.69 Å². The van der Waals surface area contributed by atoms with Crippen molar-refractivity contribution in [2.24, 2.45) is 0 Å². The third kappa shape index (κ3) is 3.98. The normalized spacial score (nSPS) is 10.7. The molecule has 2 rings (SSSR count). The van der Waals surface area contributed by atoms with Crippen molar-refractivity contribution in [1.29, 1.82) is 0 Å². The van der Waals surface area contributed by atoms with Crippen molar-refractivity contribution >= 4 is 11.6 Å². The van der Waals surface area contributed by atoms with Gasteiger partial charge in [-0.05, 0) is 26.0 Å². The van der Waals surface area contributed by atoms with Crippen LogP contribution < -0.4 is 10.2 Å². The van der Waals surface area contributed by atoms with Crippen LogP contribution in [0, 0.1) is 0 Å². The molecule has 2 heterocycles. The Hall–Kier alpha value is -2.04. The number of hydrogen-bond donors (Lipinski definition) is 2. The van der Waals surface area contributed by atoms with Gasteiger partial charge in [0, 0.05) is 44.0 Å². The highest BCUT2D eigenvalue weighted by atomic mass is 15.2. The van der Waals surface area contributed by atoms with E-state index >= 15 is 0 Å². The van der Waals surface area contributed by atoms with E-state index in [9.17, 15) is 0 Å². The minimum atomic E-state index is 0.368. The van der Waals surface area contributed by atoms with E-state index in [0.717, 1.165) is 24.6 Å². The quantitative estimate of drug-likeness (QED) is 0.836. The first-order valence-electron chi connectivity index (χ1n) is 6.57. The summed E-state index contributed by atoms with van der Waals surface area (Å²) < 4.78 is 0. The Balaban J connectivity index is 1.96. The monoisotopic (exact) mass is 259 g/mol. The second-order valence-corrected chi connectivity index (χ2v) is 4.93. The lowest BCUT2D eigenvalue weighted by Crippen LogP contribution is -2.22. The molecule has 0 radical (unpaired) electrons. The SMILES string of the molecule is CC(C)Nc1cc(N(C)CCc2ccc[nH]2)ncn1. The number of aromatic amines is 1. The number of nitrogens with one attached hydrogen (secondary N) is 2. The Bertz CT molecular complexity index is 492. The smallest absolute Gasteiger partial charge is 0.133 e. The molecule has 2 aromatic heterocycles. The van der Waals surface area contributed by atoms with Gasteiger partial charge in [0.25, 0.3) is 0 Å². The Morgan fingerprint density at radius 1 is 1.37 bits per heavy atom. The van der Waals surface area contributed by atoms with Gasteiger partial charge in [0.1, 0.15) is 18.0 Å². The lowest BCUT2D eigenvalue weighted by molar-refractivity contribution is 0.837. The van der Waals surface area contributed by atoms with Crippen LogP contribution in [0.25, 0.3) is 0 Å². The zero-order chi connectivity index (χ0) is 13.7. The topological polar surface area (TPSA) is 56.8 Å². The maximum Gasteiger partial charge on any atom is 0.133 e. The summed E-state index contributed by atoms with van der Waals surface area (Å²) in [6.07, 6.45) is 4.52. The van der Waals surface area contributed by atoms with Gasteiger partial charge in [-0.15, -0.1) is 0 Å². The van der Waals surface area contributed by atoms with E-state index in [0.29, 0.717) is 6.04 Å². The lowest BCUT2D eigenvalue weighted by atomic mass is 10.3. The van der Waals surface area contributed by atoms with Crippen molar-refractivity contribution in [2.75, 3.05) is 23.8 Å². The Kier molecular flexibility index (Phi) is 4.39. The molecule has 5 nitrogen and oxygen atoms in total. The van der Waals surface area contributed by atoms with Gasteiger partial charge >= 0.3 is 0 Å². The van der Waals surface area contributed by atoms with Gasteiger partial charge in [0.2, 0.25) is 0 Å². The Labute approximate surface area is 114 Å². The summed E-state index contributed by atoms with van der Waals surface area (Å²) in [5, 5.41) is 3.29. The molecule has 0 saturated carbocycles. The molecule has 0 aliphatic rings. The van der Waals surface area contributed by atoms with Crippen LogP contribution in [0.3, 0.4) is 0 Å². The molecule has 0 fully saturated rings. The molecule has 0 spiro atoms. The number of aromatic nitrogens is 3. The van der Waals surface area contributed by atoms with Gasteiger partial charge in [0.05, 0.1) is 0 Å². The average molecular weight is 259 g/mol. The average Bonchev–Trinajstić information content (AvgIpc) is 2.88. The maximum absolute atomic E-state index is 4.31. The van der Waals surface area contributed by atoms with Crippen molar-refractivity contribution in [2.45, 2.75) is 26.3 Å². The van der Waals surface area contributed by atoms with E-state index in [1.54, 1.807) is 6.33 Å². The summed E-state index contributed by atoms with van der Waals surface area (Å²) in [7, 11) is 2.05. The first-order chi connectivity index (χ1) is 9.15. The number of hydrogen-bond acceptors (Lipinski definition) is 4.